The van der Waals surface area contributed by atoms with E-state index in [0.29, 0.717) is 16.5 Å². The molecular formula is C12H8ClNO4. The summed E-state index contributed by atoms with van der Waals surface area (Å²) in [5.74, 6) is -1.86. The van der Waals surface area contributed by atoms with Crippen molar-refractivity contribution in [1.29, 1.82) is 0 Å². The maximum absolute atomic E-state index is 11.6. The molecule has 0 saturated heterocycles. The number of nitrogens with one attached hydrogen (secondary N) is 1. The van der Waals surface area contributed by atoms with Crippen molar-refractivity contribution in [2.45, 2.75) is 6.42 Å². The fourth-order valence-corrected chi connectivity index (χ4v) is 1.96. The van der Waals surface area contributed by atoms with Gasteiger partial charge in [0.25, 0.3) is 5.24 Å². The van der Waals surface area contributed by atoms with Gasteiger partial charge in [-0.25, -0.2) is 0 Å². The third-order valence-corrected chi connectivity index (χ3v) is 2.73. The van der Waals surface area contributed by atoms with Crippen molar-refractivity contribution in [1.82, 2.24) is 4.98 Å². The second kappa shape index (κ2) is 4.62. The monoisotopic (exact) mass is 265 g/mol. The van der Waals surface area contributed by atoms with Crippen LogP contribution >= 0.6 is 11.6 Å². The van der Waals surface area contributed by atoms with Crippen LogP contribution < -0.4 is 0 Å². The van der Waals surface area contributed by atoms with Crippen LogP contribution in [0.15, 0.2) is 24.4 Å². The Kier molecular flexibility index (Phi) is 3.16. The lowest BCUT2D eigenvalue weighted by atomic mass is 10.0. The van der Waals surface area contributed by atoms with Gasteiger partial charge in [-0.05, 0) is 23.2 Å². The van der Waals surface area contributed by atoms with Crippen LogP contribution in [-0.4, -0.2) is 27.1 Å². The van der Waals surface area contributed by atoms with Crippen molar-refractivity contribution in [3.8, 4) is 0 Å². The maximum Gasteiger partial charge on any atom is 0.307 e. The molecule has 0 radical (unpaired) electrons. The Labute approximate surface area is 106 Å². The normalized spacial score (nSPS) is 10.5. The van der Waals surface area contributed by atoms with Crippen LogP contribution in [-0.2, 0) is 16.0 Å². The molecule has 0 aliphatic carbocycles. The average Bonchev–Trinajstić information content (AvgIpc) is 2.72. The molecule has 0 amide bonds. The van der Waals surface area contributed by atoms with E-state index in [4.69, 9.17) is 16.7 Å². The molecule has 1 heterocycles. The van der Waals surface area contributed by atoms with Crippen LogP contribution in [0.5, 0.6) is 0 Å². The molecule has 0 atom stereocenters. The molecule has 6 heteroatoms. The van der Waals surface area contributed by atoms with E-state index in [1.54, 1.807) is 18.2 Å². The number of rotatable bonds is 4. The molecule has 0 bridgehead atoms. The quantitative estimate of drug-likeness (QED) is 0.501. The summed E-state index contributed by atoms with van der Waals surface area (Å²) < 4.78 is 0. The number of aromatic amines is 1. The molecule has 0 aliphatic heterocycles. The fourth-order valence-electron chi connectivity index (χ4n) is 1.86. The maximum atomic E-state index is 11.6. The highest BCUT2D eigenvalue weighted by Gasteiger charge is 2.20. The Bertz CT molecular complexity index is 659. The summed E-state index contributed by atoms with van der Waals surface area (Å²) in [6.07, 6.45) is 1.13. The van der Waals surface area contributed by atoms with Gasteiger partial charge < -0.3 is 10.1 Å². The van der Waals surface area contributed by atoms with Gasteiger partial charge >= 0.3 is 5.97 Å². The Balaban J connectivity index is 2.65. The zero-order chi connectivity index (χ0) is 13.3. The van der Waals surface area contributed by atoms with Crippen LogP contribution in [0, 0.1) is 0 Å². The number of halogens is 1. The first-order chi connectivity index (χ1) is 8.50. The third kappa shape index (κ3) is 2.12. The van der Waals surface area contributed by atoms with Gasteiger partial charge in [-0.3, -0.25) is 14.4 Å². The summed E-state index contributed by atoms with van der Waals surface area (Å²) in [6, 6.07) is 4.96. The van der Waals surface area contributed by atoms with Crippen molar-refractivity contribution in [2.75, 3.05) is 0 Å². The number of carboxylic acid groups (broad SMARTS) is 1. The highest BCUT2D eigenvalue weighted by atomic mass is 35.5. The first-order valence-electron chi connectivity index (χ1n) is 5.05. The predicted molar refractivity (Wildman–Crippen MR) is 64.8 cm³/mol. The van der Waals surface area contributed by atoms with Crippen molar-refractivity contribution in [3.63, 3.8) is 0 Å². The topological polar surface area (TPSA) is 87.2 Å². The van der Waals surface area contributed by atoms with Gasteiger partial charge in [0.2, 0.25) is 5.78 Å². The minimum atomic E-state index is -1.10. The Morgan fingerprint density at radius 1 is 1.28 bits per heavy atom. The van der Waals surface area contributed by atoms with E-state index >= 15 is 0 Å². The number of aromatic nitrogens is 1. The smallest absolute Gasteiger partial charge is 0.307 e. The summed E-state index contributed by atoms with van der Waals surface area (Å²) in [5, 5.41) is 8.15. The van der Waals surface area contributed by atoms with Crippen molar-refractivity contribution < 1.29 is 19.5 Å². The minimum Gasteiger partial charge on any atom is -0.481 e. The predicted octanol–water partition coefficient (Wildman–Crippen LogP) is 1.74. The Morgan fingerprint density at radius 3 is 2.61 bits per heavy atom. The zero-order valence-corrected chi connectivity index (χ0v) is 9.82. The number of fused-ring (bicyclic) bond motifs is 1. The lowest BCUT2D eigenvalue weighted by Gasteiger charge is -2.01. The molecule has 0 saturated carbocycles. The van der Waals surface area contributed by atoms with E-state index in [1.807, 2.05) is 0 Å². The van der Waals surface area contributed by atoms with E-state index in [-0.39, 0.29) is 12.0 Å². The molecule has 0 aliphatic rings. The number of H-pyrrole nitrogens is 1. The number of carboxylic acids is 1. The Hall–Kier alpha value is -2.14. The third-order valence-electron chi connectivity index (χ3n) is 2.56. The molecule has 18 heavy (non-hydrogen) atoms. The molecule has 92 valence electrons. The van der Waals surface area contributed by atoms with E-state index in [2.05, 4.69) is 4.98 Å². The number of hydrogen-bond acceptors (Lipinski definition) is 3. The number of aliphatic carboxylic acids is 1. The number of Topliss-reactive ketones (excluding diaryl/α,β-unsaturated/α-hetero) is 1. The van der Waals surface area contributed by atoms with Crippen molar-refractivity contribution in [2.24, 2.45) is 0 Å². The van der Waals surface area contributed by atoms with E-state index in [1.165, 1.54) is 6.20 Å². The zero-order valence-electron chi connectivity index (χ0n) is 9.07. The van der Waals surface area contributed by atoms with Crippen molar-refractivity contribution in [3.05, 3.63) is 35.5 Å². The number of ketones is 1. The lowest BCUT2D eigenvalue weighted by molar-refractivity contribution is -0.136. The average molecular weight is 266 g/mol. The lowest BCUT2D eigenvalue weighted by Crippen LogP contribution is -2.08. The molecule has 1 aromatic carbocycles. The SMILES string of the molecule is O=C(O)Cc1cccc2[nH]cc(C(=O)C(=O)Cl)c12. The minimum absolute atomic E-state index is 0.0989. The molecule has 0 fully saturated rings. The molecule has 0 unspecified atom stereocenters. The van der Waals surface area contributed by atoms with E-state index in [9.17, 15) is 14.4 Å². The molecule has 0 spiro atoms. The van der Waals surface area contributed by atoms with Gasteiger partial charge in [0, 0.05) is 17.1 Å². The van der Waals surface area contributed by atoms with Gasteiger partial charge in [-0.1, -0.05) is 12.1 Å². The number of carbonyl (C=O) groups excluding carboxylic acids is 2. The number of hydrogen-bond donors (Lipinski definition) is 2. The first-order valence-corrected chi connectivity index (χ1v) is 5.43. The molecule has 2 aromatic rings. The molecule has 5 nitrogen and oxygen atoms in total. The van der Waals surface area contributed by atoms with Gasteiger partial charge in [-0.2, -0.15) is 0 Å². The van der Waals surface area contributed by atoms with E-state index in [0.717, 1.165) is 0 Å². The van der Waals surface area contributed by atoms with Crippen molar-refractivity contribution >= 4 is 39.5 Å². The standard InChI is InChI=1S/C12H8ClNO4/c13-12(18)11(17)7-5-14-8-3-1-2-6(10(7)8)4-9(15)16/h1-3,5,14H,4H2,(H,15,16). The molecule has 1 aromatic heterocycles. The summed E-state index contributed by atoms with van der Waals surface area (Å²) in [7, 11) is 0. The largest absolute Gasteiger partial charge is 0.481 e. The molecular weight excluding hydrogens is 258 g/mol. The van der Waals surface area contributed by atoms with Crippen LogP contribution in [0.2, 0.25) is 0 Å². The Morgan fingerprint density at radius 2 is 2.00 bits per heavy atom. The summed E-state index contributed by atoms with van der Waals surface area (Å²) in [5.41, 5.74) is 1.15. The van der Waals surface area contributed by atoms with Gasteiger partial charge in [-0.15, -0.1) is 0 Å². The van der Waals surface area contributed by atoms with Crippen LogP contribution in [0.1, 0.15) is 15.9 Å². The van der Waals surface area contributed by atoms with Crippen LogP contribution in [0.3, 0.4) is 0 Å². The second-order valence-corrected chi connectivity index (χ2v) is 4.06. The number of carbonyl (C=O) groups is 3. The highest BCUT2D eigenvalue weighted by Crippen LogP contribution is 2.24. The number of benzene rings is 1. The van der Waals surface area contributed by atoms with E-state index < -0.39 is 17.0 Å². The highest BCUT2D eigenvalue weighted by molar-refractivity contribution is 6.83. The van der Waals surface area contributed by atoms with Gasteiger partial charge in [0.1, 0.15) is 0 Å². The summed E-state index contributed by atoms with van der Waals surface area (Å²) in [6.45, 7) is 0. The van der Waals surface area contributed by atoms with Gasteiger partial charge in [0.15, 0.2) is 0 Å². The second-order valence-electron chi connectivity index (χ2n) is 3.72. The fraction of sp³-hybridized carbons (Fsp3) is 0.0833. The molecule has 2 rings (SSSR count). The van der Waals surface area contributed by atoms with Gasteiger partial charge in [0.05, 0.1) is 12.0 Å². The first kappa shape index (κ1) is 12.3. The summed E-state index contributed by atoms with van der Waals surface area (Å²) in [4.78, 5) is 36.1. The van der Waals surface area contributed by atoms with Crippen LogP contribution in [0.4, 0.5) is 0 Å². The summed E-state index contributed by atoms with van der Waals surface area (Å²) >= 11 is 5.16. The van der Waals surface area contributed by atoms with Crippen LogP contribution in [0.25, 0.3) is 10.9 Å². The molecule has 2 N–H and O–H groups in total.